The van der Waals surface area contributed by atoms with E-state index in [1.807, 2.05) is 30.3 Å². The highest BCUT2D eigenvalue weighted by Crippen LogP contribution is 2.40. The van der Waals surface area contributed by atoms with Crippen molar-refractivity contribution < 1.29 is 33.3 Å². The van der Waals surface area contributed by atoms with E-state index in [9.17, 15) is 9.59 Å². The molecule has 1 saturated heterocycles. The molecule has 8 nitrogen and oxygen atoms in total. The van der Waals surface area contributed by atoms with Gasteiger partial charge in [-0.3, -0.25) is 9.79 Å². The van der Waals surface area contributed by atoms with Gasteiger partial charge in [-0.15, -0.1) is 0 Å². The van der Waals surface area contributed by atoms with E-state index in [0.717, 1.165) is 43.6 Å². The summed E-state index contributed by atoms with van der Waals surface area (Å²) in [4.78, 5) is 30.5. The Hall–Kier alpha value is -3.20. The molecule has 41 heavy (non-hydrogen) atoms. The van der Waals surface area contributed by atoms with Gasteiger partial charge < -0.3 is 23.7 Å². The summed E-state index contributed by atoms with van der Waals surface area (Å²) in [5.74, 6) is -1.64. The monoisotopic (exact) mass is 583 g/mol. The number of allylic oxidation sites excluding steroid dienone is 1. The smallest absolute Gasteiger partial charge is 0.336 e. The topological polar surface area (TPSA) is 92.7 Å². The summed E-state index contributed by atoms with van der Waals surface area (Å²) in [6.45, 7) is 5.44. The van der Waals surface area contributed by atoms with E-state index >= 15 is 0 Å². The zero-order valence-electron chi connectivity index (χ0n) is 23.9. The molecule has 0 bridgehead atoms. The van der Waals surface area contributed by atoms with Crippen LogP contribution in [-0.4, -0.2) is 57.5 Å². The lowest BCUT2D eigenvalue weighted by Gasteiger charge is -2.31. The van der Waals surface area contributed by atoms with Gasteiger partial charge >= 0.3 is 11.9 Å². The molecule has 0 aromatic heterocycles. The molecule has 3 unspecified atom stereocenters. The second kappa shape index (κ2) is 15.1. The summed E-state index contributed by atoms with van der Waals surface area (Å²) in [6, 6.07) is 15.0. The number of carbonyl (C=O) groups excluding carboxylic acids is 2. The average molecular weight is 584 g/mol. The number of hydrogen-bond donors (Lipinski definition) is 0. The Morgan fingerprint density at radius 3 is 2.56 bits per heavy atom. The van der Waals surface area contributed by atoms with Crippen LogP contribution in [0.4, 0.5) is 0 Å². The molecule has 220 valence electrons. The zero-order chi connectivity index (χ0) is 29.2. The van der Waals surface area contributed by atoms with Gasteiger partial charge in [-0.05, 0) is 74.9 Å². The van der Waals surface area contributed by atoms with Gasteiger partial charge in [0.1, 0.15) is 11.7 Å². The summed E-state index contributed by atoms with van der Waals surface area (Å²) in [5.41, 5.74) is 3.28. The fourth-order valence-electron chi connectivity index (χ4n) is 5.19. The predicted molar refractivity (Wildman–Crippen MR) is 156 cm³/mol. The lowest BCUT2D eigenvalue weighted by Crippen LogP contribution is -2.36. The largest absolute Gasteiger partial charge is 0.493 e. The van der Waals surface area contributed by atoms with E-state index in [4.69, 9.17) is 35.3 Å². The number of carbonyl (C=O) groups is 2. The Kier molecular flexibility index (Phi) is 11.4. The average Bonchev–Trinajstić information content (AvgIpc) is 2.97. The molecule has 2 aliphatic rings. The van der Waals surface area contributed by atoms with Crippen molar-refractivity contribution in [1.29, 1.82) is 0 Å². The fraction of sp³-hybridized carbons (Fsp3) is 0.469. The lowest BCUT2D eigenvalue weighted by atomic mass is 9.75. The first-order valence-electron chi connectivity index (χ1n) is 14.1. The van der Waals surface area contributed by atoms with Crippen LogP contribution in [0.25, 0.3) is 0 Å². The van der Waals surface area contributed by atoms with Gasteiger partial charge in [-0.1, -0.05) is 35.9 Å². The van der Waals surface area contributed by atoms with Crippen LogP contribution in [0.5, 0.6) is 5.75 Å². The molecule has 0 aliphatic carbocycles. The maximum Gasteiger partial charge on any atom is 0.336 e. The van der Waals surface area contributed by atoms with E-state index in [2.05, 4.69) is 4.99 Å². The van der Waals surface area contributed by atoms with Crippen LogP contribution in [-0.2, 0) is 35.0 Å². The van der Waals surface area contributed by atoms with Crippen LogP contribution in [0.3, 0.4) is 0 Å². The Bertz CT molecular complexity index is 1250. The number of halogens is 1. The van der Waals surface area contributed by atoms with Gasteiger partial charge in [-0.25, -0.2) is 4.79 Å². The van der Waals surface area contributed by atoms with Gasteiger partial charge in [0.05, 0.1) is 32.5 Å². The van der Waals surface area contributed by atoms with Crippen molar-refractivity contribution in [2.75, 3.05) is 33.5 Å². The highest BCUT2D eigenvalue weighted by Gasteiger charge is 2.42. The van der Waals surface area contributed by atoms with E-state index in [1.165, 1.54) is 7.11 Å². The van der Waals surface area contributed by atoms with Crippen molar-refractivity contribution in [3.8, 4) is 5.75 Å². The molecule has 2 aromatic rings. The molecule has 0 saturated carbocycles. The Labute approximate surface area is 246 Å². The maximum atomic E-state index is 13.3. The SMILES string of the molecule is COC(=O)C1C(C)=NC(C)=C(C(=O)OCCCOc2ccc(CCOC3CCCCO3)cc2)C1c1cccc(Cl)c1. The number of hydrogen-bond acceptors (Lipinski definition) is 8. The van der Waals surface area contributed by atoms with Crippen LogP contribution in [0, 0.1) is 5.92 Å². The molecular weight excluding hydrogens is 546 g/mol. The number of esters is 2. The first kappa shape index (κ1) is 30.8. The first-order chi connectivity index (χ1) is 19.9. The fourth-order valence-corrected chi connectivity index (χ4v) is 5.39. The molecular formula is C32H38ClNO7. The number of ether oxygens (including phenoxy) is 5. The van der Waals surface area contributed by atoms with E-state index in [1.54, 1.807) is 32.0 Å². The second-order valence-electron chi connectivity index (χ2n) is 10.2. The third kappa shape index (κ3) is 8.41. The minimum atomic E-state index is -0.761. The Morgan fingerprint density at radius 2 is 1.85 bits per heavy atom. The van der Waals surface area contributed by atoms with Gasteiger partial charge in [0.2, 0.25) is 0 Å². The van der Waals surface area contributed by atoms with Crippen molar-refractivity contribution in [3.63, 3.8) is 0 Å². The van der Waals surface area contributed by atoms with Crippen LogP contribution in [0.2, 0.25) is 5.02 Å². The van der Waals surface area contributed by atoms with Gasteiger partial charge in [-0.2, -0.15) is 0 Å². The number of aliphatic imine (C=N–C) groups is 1. The van der Waals surface area contributed by atoms with E-state index < -0.39 is 23.8 Å². The number of nitrogens with zero attached hydrogens (tertiary/aromatic N) is 1. The van der Waals surface area contributed by atoms with Crippen LogP contribution < -0.4 is 4.74 Å². The maximum absolute atomic E-state index is 13.3. The first-order valence-corrected chi connectivity index (χ1v) is 14.5. The molecule has 0 radical (unpaired) electrons. The highest BCUT2D eigenvalue weighted by atomic mass is 35.5. The third-order valence-corrected chi connectivity index (χ3v) is 7.49. The standard InChI is InChI=1S/C32H38ClNO7/c1-21-28(31(35)37-3)30(24-8-6-9-25(33)20-24)29(22(2)34-21)32(36)41-18-7-17-38-26-13-11-23(12-14-26)15-19-40-27-10-4-5-16-39-27/h6,8-9,11-14,20,27-28,30H,4-5,7,10,15-19H2,1-3H3. The van der Waals surface area contributed by atoms with E-state index in [-0.39, 0.29) is 12.9 Å². The van der Waals surface area contributed by atoms with E-state index in [0.29, 0.717) is 47.2 Å². The third-order valence-electron chi connectivity index (χ3n) is 7.26. The number of benzene rings is 2. The van der Waals surface area contributed by atoms with Crippen LogP contribution in [0.1, 0.15) is 56.6 Å². The van der Waals surface area contributed by atoms with Crippen LogP contribution >= 0.6 is 11.6 Å². The molecule has 2 heterocycles. The van der Waals surface area contributed by atoms with Gasteiger partial charge in [0.25, 0.3) is 0 Å². The summed E-state index contributed by atoms with van der Waals surface area (Å²) >= 11 is 6.25. The number of methoxy groups -OCH3 is 1. The molecule has 0 amide bonds. The minimum absolute atomic E-state index is 0.0763. The molecule has 0 N–H and O–H groups in total. The molecule has 2 aromatic carbocycles. The second-order valence-corrected chi connectivity index (χ2v) is 10.6. The Balaban J connectivity index is 1.28. The molecule has 3 atom stereocenters. The molecule has 2 aliphatic heterocycles. The normalized spacial score (nSPS) is 20.8. The Morgan fingerprint density at radius 1 is 1.05 bits per heavy atom. The van der Waals surface area contributed by atoms with Crippen molar-refractivity contribution in [3.05, 3.63) is 76.0 Å². The van der Waals surface area contributed by atoms with Crippen molar-refractivity contribution in [1.82, 2.24) is 0 Å². The van der Waals surface area contributed by atoms with Gasteiger partial charge in [0.15, 0.2) is 6.29 Å². The molecule has 1 fully saturated rings. The molecule has 9 heteroatoms. The summed E-state index contributed by atoms with van der Waals surface area (Å²) in [7, 11) is 1.32. The summed E-state index contributed by atoms with van der Waals surface area (Å²) in [6.07, 6.45) is 4.46. The summed E-state index contributed by atoms with van der Waals surface area (Å²) in [5, 5.41) is 0.504. The van der Waals surface area contributed by atoms with Crippen molar-refractivity contribution in [2.45, 2.75) is 58.2 Å². The molecule has 0 spiro atoms. The van der Waals surface area contributed by atoms with Crippen molar-refractivity contribution >= 4 is 29.3 Å². The minimum Gasteiger partial charge on any atom is -0.493 e. The quantitative estimate of drug-likeness (QED) is 0.221. The molecule has 4 rings (SSSR count). The summed E-state index contributed by atoms with van der Waals surface area (Å²) < 4.78 is 27.9. The zero-order valence-corrected chi connectivity index (χ0v) is 24.7. The lowest BCUT2D eigenvalue weighted by molar-refractivity contribution is -0.161. The predicted octanol–water partition coefficient (Wildman–Crippen LogP) is 6.06. The highest BCUT2D eigenvalue weighted by molar-refractivity contribution is 6.30. The van der Waals surface area contributed by atoms with Crippen molar-refractivity contribution in [2.24, 2.45) is 10.9 Å². The van der Waals surface area contributed by atoms with Crippen LogP contribution in [0.15, 0.2) is 64.8 Å². The number of rotatable bonds is 12. The van der Waals surface area contributed by atoms with Gasteiger partial charge in [0, 0.05) is 35.4 Å².